The van der Waals surface area contributed by atoms with Crippen LogP contribution in [-0.4, -0.2) is 34.0 Å². The lowest BCUT2D eigenvalue weighted by atomic mass is 9.84. The number of amides is 3. The van der Waals surface area contributed by atoms with Crippen molar-refractivity contribution in [3.05, 3.63) is 63.8 Å². The van der Waals surface area contributed by atoms with Gasteiger partial charge < -0.3 is 15.7 Å². The number of carbonyl (C=O) groups excluding carboxylic acids is 2. The van der Waals surface area contributed by atoms with Crippen LogP contribution < -0.4 is 16.0 Å². The first kappa shape index (κ1) is 27.6. The molecule has 4 N–H and O–H groups in total. The maximum atomic E-state index is 13.4. The molecule has 0 spiro atoms. The first-order chi connectivity index (χ1) is 18.1. The van der Waals surface area contributed by atoms with Gasteiger partial charge in [-0.05, 0) is 62.8 Å². The fraction of sp³-hybridized carbons (Fsp3) is 0.357. The average molecular weight is 555 g/mol. The Labute approximate surface area is 230 Å². The fourth-order valence-corrected chi connectivity index (χ4v) is 6.05. The minimum atomic E-state index is -1.07. The Kier molecular flexibility index (Phi) is 8.69. The van der Waals surface area contributed by atoms with Crippen LogP contribution >= 0.6 is 22.9 Å². The van der Waals surface area contributed by atoms with Crippen molar-refractivity contribution in [1.29, 1.82) is 0 Å². The number of thiazole rings is 1. The van der Waals surface area contributed by atoms with Gasteiger partial charge in [-0.3, -0.25) is 10.1 Å². The molecular weight excluding hydrogens is 524 g/mol. The Bertz CT molecular complexity index is 1330. The van der Waals surface area contributed by atoms with Crippen molar-refractivity contribution in [3.63, 3.8) is 0 Å². The van der Waals surface area contributed by atoms with Gasteiger partial charge in [0.1, 0.15) is 16.1 Å². The number of hydrogen-bond donors (Lipinski definition) is 4. The van der Waals surface area contributed by atoms with Gasteiger partial charge in [-0.1, -0.05) is 72.0 Å². The highest BCUT2D eigenvalue weighted by Gasteiger charge is 2.32. The number of benzene rings is 2. The van der Waals surface area contributed by atoms with E-state index in [1.807, 2.05) is 32.9 Å². The summed E-state index contributed by atoms with van der Waals surface area (Å²) in [4.78, 5) is 43.0. The van der Waals surface area contributed by atoms with E-state index in [4.69, 9.17) is 11.6 Å². The summed E-state index contributed by atoms with van der Waals surface area (Å²) in [6, 6.07) is 9.37. The van der Waals surface area contributed by atoms with Crippen LogP contribution in [-0.2, 0) is 4.79 Å². The summed E-state index contributed by atoms with van der Waals surface area (Å²) in [5.41, 5.74) is 4.29. The Morgan fingerprint density at radius 2 is 1.63 bits per heavy atom. The first-order valence-electron chi connectivity index (χ1n) is 12.6. The highest BCUT2D eigenvalue weighted by Crippen LogP contribution is 2.34. The third-order valence-electron chi connectivity index (χ3n) is 6.75. The fourth-order valence-electron chi connectivity index (χ4n) is 4.96. The number of urea groups is 1. The summed E-state index contributed by atoms with van der Waals surface area (Å²) in [5.74, 6) is -1.86. The molecule has 8 nitrogen and oxygen atoms in total. The molecule has 1 heterocycles. The molecule has 0 bridgehead atoms. The summed E-state index contributed by atoms with van der Waals surface area (Å²) >= 11 is 7.16. The van der Waals surface area contributed by atoms with Crippen LogP contribution in [0.25, 0.3) is 10.6 Å². The summed E-state index contributed by atoms with van der Waals surface area (Å²) < 4.78 is 0. The van der Waals surface area contributed by atoms with E-state index >= 15 is 0 Å². The SMILES string of the molecule is Cc1cc(C)c(NC(=O)Nc2sc(-c3ccc(Cl)cc3)nc2C(=O)N[C@H](C(=O)O)C2CCCCC2)c(C)c1. The second-order valence-corrected chi connectivity index (χ2v) is 11.2. The van der Waals surface area contributed by atoms with E-state index in [-0.39, 0.29) is 16.6 Å². The number of anilines is 2. The number of aryl methyl sites for hydroxylation is 3. The molecule has 3 aromatic rings. The van der Waals surface area contributed by atoms with Crippen molar-refractivity contribution in [2.45, 2.75) is 58.9 Å². The Hall–Kier alpha value is -3.43. The van der Waals surface area contributed by atoms with Crippen LogP contribution in [0.15, 0.2) is 36.4 Å². The number of hydrogen-bond acceptors (Lipinski definition) is 5. The Morgan fingerprint density at radius 3 is 2.24 bits per heavy atom. The normalized spacial score (nSPS) is 14.5. The van der Waals surface area contributed by atoms with Gasteiger partial charge in [0.2, 0.25) is 0 Å². The number of aromatic nitrogens is 1. The summed E-state index contributed by atoms with van der Waals surface area (Å²) in [6.45, 7) is 5.82. The van der Waals surface area contributed by atoms with Crippen LogP contribution in [0.3, 0.4) is 0 Å². The Balaban J connectivity index is 1.62. The molecule has 38 heavy (non-hydrogen) atoms. The van der Waals surface area contributed by atoms with Crippen molar-refractivity contribution < 1.29 is 19.5 Å². The number of carboxylic acid groups (broad SMARTS) is 1. The van der Waals surface area contributed by atoms with E-state index in [0.717, 1.165) is 60.1 Å². The Morgan fingerprint density at radius 1 is 1.00 bits per heavy atom. The molecule has 1 fully saturated rings. The zero-order valence-electron chi connectivity index (χ0n) is 21.6. The second-order valence-electron chi connectivity index (χ2n) is 9.74. The van der Waals surface area contributed by atoms with Gasteiger partial charge in [0.25, 0.3) is 5.91 Å². The highest BCUT2D eigenvalue weighted by atomic mass is 35.5. The number of rotatable bonds is 7. The van der Waals surface area contributed by atoms with E-state index in [0.29, 0.717) is 21.3 Å². The molecule has 1 saturated carbocycles. The number of nitrogens with one attached hydrogen (secondary N) is 3. The van der Waals surface area contributed by atoms with Crippen LogP contribution in [0.1, 0.15) is 59.3 Å². The highest BCUT2D eigenvalue weighted by molar-refractivity contribution is 7.19. The topological polar surface area (TPSA) is 120 Å². The van der Waals surface area contributed by atoms with Crippen LogP contribution in [0.2, 0.25) is 5.02 Å². The quantitative estimate of drug-likeness (QED) is 0.256. The predicted molar refractivity (Wildman–Crippen MR) is 151 cm³/mol. The zero-order valence-corrected chi connectivity index (χ0v) is 23.1. The van der Waals surface area contributed by atoms with Crippen molar-refractivity contribution in [2.75, 3.05) is 10.6 Å². The summed E-state index contributed by atoms with van der Waals surface area (Å²) in [6.07, 6.45) is 4.43. The van der Waals surface area contributed by atoms with Crippen LogP contribution in [0.4, 0.5) is 15.5 Å². The molecule has 10 heteroatoms. The van der Waals surface area contributed by atoms with Crippen LogP contribution in [0.5, 0.6) is 0 Å². The lowest BCUT2D eigenvalue weighted by molar-refractivity contribution is -0.141. The number of nitrogens with zero attached hydrogens (tertiary/aromatic N) is 1. The van der Waals surface area contributed by atoms with Crippen molar-refractivity contribution in [1.82, 2.24) is 10.3 Å². The minimum absolute atomic E-state index is 0.0329. The lowest BCUT2D eigenvalue weighted by Crippen LogP contribution is -2.46. The molecule has 4 rings (SSSR count). The van der Waals surface area contributed by atoms with E-state index in [1.54, 1.807) is 24.3 Å². The molecule has 0 saturated heterocycles. The minimum Gasteiger partial charge on any atom is -0.480 e. The number of halogens is 1. The van der Waals surface area contributed by atoms with E-state index in [9.17, 15) is 19.5 Å². The monoisotopic (exact) mass is 554 g/mol. The number of aliphatic carboxylic acids is 1. The molecule has 1 atom stereocenters. The molecular formula is C28H31ClN4O4S. The number of carbonyl (C=O) groups is 3. The first-order valence-corrected chi connectivity index (χ1v) is 13.8. The smallest absolute Gasteiger partial charge is 0.326 e. The van der Waals surface area contributed by atoms with Gasteiger partial charge in [0.05, 0.1) is 0 Å². The third kappa shape index (κ3) is 6.52. The summed E-state index contributed by atoms with van der Waals surface area (Å²) in [7, 11) is 0. The molecule has 3 amide bonds. The molecule has 2 aromatic carbocycles. The van der Waals surface area contributed by atoms with Gasteiger partial charge in [-0.25, -0.2) is 14.6 Å². The zero-order chi connectivity index (χ0) is 27.4. The maximum absolute atomic E-state index is 13.4. The lowest BCUT2D eigenvalue weighted by Gasteiger charge is -2.27. The molecule has 0 unspecified atom stereocenters. The molecule has 1 aliphatic rings. The third-order valence-corrected chi connectivity index (χ3v) is 8.02. The largest absolute Gasteiger partial charge is 0.480 e. The maximum Gasteiger partial charge on any atom is 0.326 e. The van der Waals surface area contributed by atoms with E-state index in [1.165, 1.54) is 0 Å². The second kappa shape index (κ2) is 12.0. The molecule has 200 valence electrons. The van der Waals surface area contributed by atoms with E-state index in [2.05, 4.69) is 20.9 Å². The molecule has 1 aromatic heterocycles. The average Bonchev–Trinajstić information content (AvgIpc) is 3.29. The van der Waals surface area contributed by atoms with Gasteiger partial charge in [0.15, 0.2) is 5.69 Å². The molecule has 0 aliphatic heterocycles. The van der Waals surface area contributed by atoms with Gasteiger partial charge in [-0.15, -0.1) is 0 Å². The predicted octanol–water partition coefficient (Wildman–Crippen LogP) is 6.80. The summed E-state index contributed by atoms with van der Waals surface area (Å²) in [5, 5.41) is 19.4. The molecule has 1 aliphatic carbocycles. The van der Waals surface area contributed by atoms with Crippen molar-refractivity contribution in [3.8, 4) is 10.6 Å². The van der Waals surface area contributed by atoms with Crippen molar-refractivity contribution in [2.24, 2.45) is 5.92 Å². The standard InChI is InChI=1S/C28H31ClN4O4S/c1-15-13-16(2)21(17(3)14-15)32-28(37)33-26-23(31-25(38-26)19-9-11-20(29)12-10-19)24(34)30-22(27(35)36)18-7-5-4-6-8-18/h9-14,18,22H,4-8H2,1-3H3,(H,30,34)(H,35,36)(H2,32,33,37)/t22-/m0/s1. The number of carboxylic acids is 1. The van der Waals surface area contributed by atoms with Gasteiger partial charge in [0, 0.05) is 16.3 Å². The molecule has 0 radical (unpaired) electrons. The van der Waals surface area contributed by atoms with Gasteiger partial charge in [-0.2, -0.15) is 0 Å². The van der Waals surface area contributed by atoms with E-state index < -0.39 is 23.9 Å². The van der Waals surface area contributed by atoms with Gasteiger partial charge >= 0.3 is 12.0 Å². The van der Waals surface area contributed by atoms with Crippen molar-refractivity contribution >= 4 is 51.5 Å². The van der Waals surface area contributed by atoms with Crippen LogP contribution in [0, 0.1) is 26.7 Å².